The molecule has 0 aliphatic heterocycles. The standard InChI is InChI=1S/C12H16BrNO/c13-10-4-1-3-9(7-10)12(8-14)15-11-5-2-6-11/h1,3-4,7,11-12H,2,5-6,8,14H2. The first-order valence-electron chi connectivity index (χ1n) is 5.40. The fourth-order valence-corrected chi connectivity index (χ4v) is 2.13. The van der Waals surface area contributed by atoms with Crippen LogP contribution in [0.2, 0.25) is 0 Å². The smallest absolute Gasteiger partial charge is 0.0951 e. The molecule has 3 heteroatoms. The predicted molar refractivity (Wildman–Crippen MR) is 64.7 cm³/mol. The van der Waals surface area contributed by atoms with Crippen molar-refractivity contribution in [2.75, 3.05) is 6.54 Å². The Morgan fingerprint density at radius 1 is 1.47 bits per heavy atom. The minimum Gasteiger partial charge on any atom is -0.369 e. The van der Waals surface area contributed by atoms with Gasteiger partial charge in [-0.25, -0.2) is 0 Å². The molecule has 0 heterocycles. The van der Waals surface area contributed by atoms with Gasteiger partial charge >= 0.3 is 0 Å². The molecule has 0 saturated heterocycles. The summed E-state index contributed by atoms with van der Waals surface area (Å²) in [6.07, 6.45) is 4.14. The Kier molecular flexibility index (Phi) is 3.78. The van der Waals surface area contributed by atoms with Crippen molar-refractivity contribution in [3.63, 3.8) is 0 Å². The second kappa shape index (κ2) is 5.10. The highest BCUT2D eigenvalue weighted by atomic mass is 79.9. The Morgan fingerprint density at radius 3 is 2.80 bits per heavy atom. The van der Waals surface area contributed by atoms with E-state index < -0.39 is 0 Å². The van der Waals surface area contributed by atoms with Crippen molar-refractivity contribution in [2.24, 2.45) is 5.73 Å². The third-order valence-electron chi connectivity index (χ3n) is 2.84. The van der Waals surface area contributed by atoms with Gasteiger partial charge < -0.3 is 10.5 Å². The Morgan fingerprint density at radius 2 is 2.27 bits per heavy atom. The molecular weight excluding hydrogens is 254 g/mol. The molecule has 1 aromatic rings. The van der Waals surface area contributed by atoms with Crippen LogP contribution < -0.4 is 5.73 Å². The average molecular weight is 270 g/mol. The summed E-state index contributed by atoms with van der Waals surface area (Å²) in [6.45, 7) is 0.549. The zero-order chi connectivity index (χ0) is 10.7. The molecule has 1 atom stereocenters. The fourth-order valence-electron chi connectivity index (χ4n) is 1.72. The highest BCUT2D eigenvalue weighted by Gasteiger charge is 2.22. The maximum absolute atomic E-state index is 5.93. The number of hydrogen-bond donors (Lipinski definition) is 1. The lowest BCUT2D eigenvalue weighted by atomic mass is 9.95. The summed E-state index contributed by atoms with van der Waals surface area (Å²) in [5, 5.41) is 0. The number of nitrogens with two attached hydrogens (primary N) is 1. The number of halogens is 1. The molecule has 0 radical (unpaired) electrons. The van der Waals surface area contributed by atoms with Crippen LogP contribution in [0.5, 0.6) is 0 Å². The summed E-state index contributed by atoms with van der Waals surface area (Å²) < 4.78 is 7.01. The number of benzene rings is 1. The molecule has 1 saturated carbocycles. The molecule has 2 N–H and O–H groups in total. The summed E-state index contributed by atoms with van der Waals surface area (Å²) in [5.74, 6) is 0. The molecule has 1 aromatic carbocycles. The number of rotatable bonds is 4. The number of hydrogen-bond acceptors (Lipinski definition) is 2. The maximum atomic E-state index is 5.93. The van der Waals surface area contributed by atoms with Crippen LogP contribution in [0.3, 0.4) is 0 Å². The van der Waals surface area contributed by atoms with Gasteiger partial charge in [-0.05, 0) is 37.0 Å². The third-order valence-corrected chi connectivity index (χ3v) is 3.34. The maximum Gasteiger partial charge on any atom is 0.0951 e. The molecule has 15 heavy (non-hydrogen) atoms. The molecule has 1 fully saturated rings. The van der Waals surface area contributed by atoms with E-state index in [9.17, 15) is 0 Å². The first-order valence-corrected chi connectivity index (χ1v) is 6.20. The zero-order valence-electron chi connectivity index (χ0n) is 8.66. The van der Waals surface area contributed by atoms with Crippen molar-refractivity contribution in [3.8, 4) is 0 Å². The fraction of sp³-hybridized carbons (Fsp3) is 0.500. The highest BCUT2D eigenvalue weighted by molar-refractivity contribution is 9.10. The van der Waals surface area contributed by atoms with Crippen LogP contribution in [0.25, 0.3) is 0 Å². The molecule has 0 amide bonds. The highest BCUT2D eigenvalue weighted by Crippen LogP contribution is 2.29. The molecule has 0 aromatic heterocycles. The van der Waals surface area contributed by atoms with Gasteiger partial charge in [0.1, 0.15) is 0 Å². The molecule has 0 bridgehead atoms. The van der Waals surface area contributed by atoms with E-state index in [0.29, 0.717) is 12.6 Å². The van der Waals surface area contributed by atoms with E-state index in [1.807, 2.05) is 12.1 Å². The van der Waals surface area contributed by atoms with Crippen LogP contribution in [0.15, 0.2) is 28.7 Å². The van der Waals surface area contributed by atoms with Crippen LogP contribution in [0.1, 0.15) is 30.9 Å². The summed E-state index contributed by atoms with van der Waals surface area (Å²) in [5.41, 5.74) is 6.91. The zero-order valence-corrected chi connectivity index (χ0v) is 10.2. The van der Waals surface area contributed by atoms with Crippen LogP contribution in [0, 0.1) is 0 Å². The Labute approximate surface area is 98.9 Å². The first-order chi connectivity index (χ1) is 7.29. The van der Waals surface area contributed by atoms with Gasteiger partial charge in [-0.2, -0.15) is 0 Å². The third kappa shape index (κ3) is 2.80. The van der Waals surface area contributed by atoms with E-state index in [2.05, 4.69) is 28.1 Å². The van der Waals surface area contributed by atoms with Gasteiger partial charge in [0.05, 0.1) is 12.2 Å². The van der Waals surface area contributed by atoms with Gasteiger partial charge in [0, 0.05) is 11.0 Å². The van der Waals surface area contributed by atoms with Crippen molar-refractivity contribution in [3.05, 3.63) is 34.3 Å². The lowest BCUT2D eigenvalue weighted by Gasteiger charge is -2.30. The monoisotopic (exact) mass is 269 g/mol. The van der Waals surface area contributed by atoms with Crippen molar-refractivity contribution >= 4 is 15.9 Å². The first kappa shape index (κ1) is 11.1. The molecule has 1 aliphatic carbocycles. The number of ether oxygens (including phenoxy) is 1. The second-order valence-electron chi connectivity index (χ2n) is 3.97. The van der Waals surface area contributed by atoms with Crippen LogP contribution in [0.4, 0.5) is 0 Å². The molecule has 82 valence electrons. The Bertz CT molecular complexity index is 325. The van der Waals surface area contributed by atoms with Crippen molar-refractivity contribution < 1.29 is 4.74 Å². The largest absolute Gasteiger partial charge is 0.369 e. The van der Waals surface area contributed by atoms with E-state index in [1.165, 1.54) is 24.8 Å². The van der Waals surface area contributed by atoms with E-state index in [-0.39, 0.29) is 6.10 Å². The van der Waals surface area contributed by atoms with Gasteiger partial charge in [-0.1, -0.05) is 28.1 Å². The van der Waals surface area contributed by atoms with Crippen LogP contribution in [-0.2, 0) is 4.74 Å². The van der Waals surface area contributed by atoms with Crippen molar-refractivity contribution in [1.29, 1.82) is 0 Å². The van der Waals surface area contributed by atoms with Gasteiger partial charge in [0.25, 0.3) is 0 Å². The lowest BCUT2D eigenvalue weighted by Crippen LogP contribution is -2.27. The Balaban J connectivity index is 2.04. The minimum absolute atomic E-state index is 0.0489. The van der Waals surface area contributed by atoms with Gasteiger partial charge in [0.2, 0.25) is 0 Å². The van der Waals surface area contributed by atoms with Crippen molar-refractivity contribution in [2.45, 2.75) is 31.5 Å². The second-order valence-corrected chi connectivity index (χ2v) is 4.88. The summed E-state index contributed by atoms with van der Waals surface area (Å²) >= 11 is 3.46. The summed E-state index contributed by atoms with van der Waals surface area (Å²) in [7, 11) is 0. The molecule has 1 unspecified atom stereocenters. The van der Waals surface area contributed by atoms with E-state index in [1.54, 1.807) is 0 Å². The molecule has 2 nitrogen and oxygen atoms in total. The van der Waals surface area contributed by atoms with Crippen LogP contribution >= 0.6 is 15.9 Å². The molecule has 2 rings (SSSR count). The molecule has 1 aliphatic rings. The topological polar surface area (TPSA) is 35.2 Å². The summed E-state index contributed by atoms with van der Waals surface area (Å²) in [6, 6.07) is 8.18. The molecular formula is C12H16BrNO. The van der Waals surface area contributed by atoms with E-state index >= 15 is 0 Å². The average Bonchev–Trinajstić information content (AvgIpc) is 2.16. The summed E-state index contributed by atoms with van der Waals surface area (Å²) in [4.78, 5) is 0. The minimum atomic E-state index is 0.0489. The quantitative estimate of drug-likeness (QED) is 0.912. The van der Waals surface area contributed by atoms with Gasteiger partial charge in [0.15, 0.2) is 0 Å². The van der Waals surface area contributed by atoms with Crippen LogP contribution in [-0.4, -0.2) is 12.6 Å². The van der Waals surface area contributed by atoms with E-state index in [4.69, 9.17) is 10.5 Å². The van der Waals surface area contributed by atoms with Gasteiger partial charge in [-0.3, -0.25) is 0 Å². The van der Waals surface area contributed by atoms with Crippen molar-refractivity contribution in [1.82, 2.24) is 0 Å². The normalized spacial score (nSPS) is 18.5. The van der Waals surface area contributed by atoms with E-state index in [0.717, 1.165) is 4.47 Å². The SMILES string of the molecule is NCC(OC1CCC1)c1cccc(Br)c1. The lowest BCUT2D eigenvalue weighted by molar-refractivity contribution is -0.0487. The van der Waals surface area contributed by atoms with Gasteiger partial charge in [-0.15, -0.1) is 0 Å². The predicted octanol–water partition coefficient (Wildman–Crippen LogP) is 3.02. The molecule has 0 spiro atoms. The Hall–Kier alpha value is -0.380.